The Labute approximate surface area is 64.2 Å². The molecule has 0 aliphatic rings. The van der Waals surface area contributed by atoms with Crippen LogP contribution in [0.15, 0.2) is 0 Å². The molecule has 0 aliphatic carbocycles. The summed E-state index contributed by atoms with van der Waals surface area (Å²) in [5.41, 5.74) is 0. The van der Waals surface area contributed by atoms with Gasteiger partial charge in [-0.05, 0) is 0 Å². The van der Waals surface area contributed by atoms with Gasteiger partial charge in [0.1, 0.15) is 0 Å². The van der Waals surface area contributed by atoms with Crippen molar-refractivity contribution in [2.45, 2.75) is 0 Å². The van der Waals surface area contributed by atoms with E-state index in [0.29, 0.717) is 0 Å². The summed E-state index contributed by atoms with van der Waals surface area (Å²) in [5, 5.41) is 0. The molecule has 0 saturated carbocycles. The fraction of sp³-hybridized carbons (Fsp3) is 0. The minimum Gasteiger partial charge on any atom is 0 e. The van der Waals surface area contributed by atoms with Crippen LogP contribution in [0.2, 0.25) is 0 Å². The van der Waals surface area contributed by atoms with Crippen molar-refractivity contribution < 1.29 is 56.3 Å². The van der Waals surface area contributed by atoms with Gasteiger partial charge in [-0.1, -0.05) is 0 Å². The SMILES string of the molecule is F[P-](F)(F)(F)(F)F.[U]. The van der Waals surface area contributed by atoms with Crippen molar-refractivity contribution in [1.82, 2.24) is 0 Å². The summed E-state index contributed by atoms with van der Waals surface area (Å²) in [6.07, 6.45) is 0. The minimum atomic E-state index is -10.7. The van der Waals surface area contributed by atoms with Gasteiger partial charge in [0.25, 0.3) is 0 Å². The van der Waals surface area contributed by atoms with Crippen molar-refractivity contribution in [3.63, 3.8) is 0 Å². The third-order valence-electron chi connectivity index (χ3n) is 0. The number of hydrogen-bond donors (Lipinski definition) is 0. The van der Waals surface area contributed by atoms with Crippen LogP contribution in [0.5, 0.6) is 0 Å². The summed E-state index contributed by atoms with van der Waals surface area (Å²) in [7, 11) is -10.7. The fourth-order valence-electron chi connectivity index (χ4n) is 0. The number of rotatable bonds is 0. The molecular weight excluding hydrogens is 383 g/mol. The van der Waals surface area contributed by atoms with E-state index in [1.807, 2.05) is 0 Å². The maximum absolute atomic E-state index is 10.7. The average molecular weight is 383 g/mol. The van der Waals surface area contributed by atoms with Gasteiger partial charge in [0.2, 0.25) is 0 Å². The molecule has 0 bridgehead atoms. The molecule has 8 heavy (non-hydrogen) atoms. The van der Waals surface area contributed by atoms with Crippen LogP contribution in [0.1, 0.15) is 0 Å². The first-order valence-electron chi connectivity index (χ1n) is 1.01. The van der Waals surface area contributed by atoms with Crippen molar-refractivity contribution >= 4 is 7.81 Å². The second-order valence-corrected chi connectivity index (χ2v) is 2.87. The van der Waals surface area contributed by atoms with Crippen LogP contribution < -0.4 is 0 Å². The molecule has 0 atom stereocenters. The Hall–Kier alpha value is 1.06. The first kappa shape index (κ1) is 11.8. The van der Waals surface area contributed by atoms with E-state index in [-0.39, 0.29) is 31.1 Å². The average Bonchev–Trinajstić information content (AvgIpc) is 0.592. The van der Waals surface area contributed by atoms with Crippen LogP contribution in [0.4, 0.5) is 25.2 Å². The Morgan fingerprint density at radius 3 is 0.625 bits per heavy atom. The smallest absolute Gasteiger partial charge is 0 e. The quantitative estimate of drug-likeness (QED) is 0.445. The molecule has 0 aromatic carbocycles. The topological polar surface area (TPSA) is 0 Å². The normalized spacial score (nSPS) is 20.2. The first-order valence-corrected chi connectivity index (χ1v) is 3.04. The van der Waals surface area contributed by atoms with Gasteiger partial charge in [-0.2, -0.15) is 0 Å². The summed E-state index contributed by atoms with van der Waals surface area (Å²) >= 11 is 0. The van der Waals surface area contributed by atoms with Gasteiger partial charge in [0.05, 0.1) is 0 Å². The van der Waals surface area contributed by atoms with Gasteiger partial charge in [0.15, 0.2) is 0 Å². The zero-order chi connectivity index (χ0) is 6.41. The maximum Gasteiger partial charge on any atom is 0 e. The zero-order valence-electron chi connectivity index (χ0n) is 3.22. The van der Waals surface area contributed by atoms with E-state index in [4.69, 9.17) is 0 Å². The molecule has 0 nitrogen and oxygen atoms in total. The van der Waals surface area contributed by atoms with Crippen LogP contribution in [0.3, 0.4) is 0 Å². The van der Waals surface area contributed by atoms with Gasteiger partial charge in [-0.25, -0.2) is 0 Å². The standard InChI is InChI=1S/F6P.U/c1-7(2,3,4,5)6;/q-1;. The van der Waals surface area contributed by atoms with Crippen molar-refractivity contribution in [3.05, 3.63) is 0 Å². The Balaban J connectivity index is 0. The molecular formula is F6PU-. The summed E-state index contributed by atoms with van der Waals surface area (Å²) < 4.78 is 59.2. The molecule has 0 N–H and O–H groups in total. The van der Waals surface area contributed by atoms with E-state index in [2.05, 4.69) is 0 Å². The molecule has 0 heterocycles. The van der Waals surface area contributed by atoms with Gasteiger partial charge in [0, 0.05) is 31.1 Å². The Morgan fingerprint density at radius 1 is 0.625 bits per heavy atom. The first-order chi connectivity index (χ1) is 2.45. The Kier molecular flexibility index (Phi) is 2.30. The molecule has 8 heteroatoms. The number of halogens is 6. The van der Waals surface area contributed by atoms with E-state index in [1.54, 1.807) is 0 Å². The predicted molar refractivity (Wildman–Crippen MR) is 13.6 cm³/mol. The van der Waals surface area contributed by atoms with Crippen molar-refractivity contribution in [3.8, 4) is 0 Å². The molecule has 0 unspecified atom stereocenters. The Morgan fingerprint density at radius 2 is 0.625 bits per heavy atom. The van der Waals surface area contributed by atoms with Crippen LogP contribution in [-0.4, -0.2) is 0 Å². The summed E-state index contributed by atoms with van der Waals surface area (Å²) in [5.74, 6) is 0. The largest absolute Gasteiger partial charge is 0 e. The van der Waals surface area contributed by atoms with Crippen LogP contribution in [0.25, 0.3) is 0 Å². The minimum absolute atomic E-state index is 0. The predicted octanol–water partition coefficient (Wildman–Crippen LogP) is 3.38. The molecule has 0 aliphatic heterocycles. The van der Waals surface area contributed by atoms with E-state index >= 15 is 0 Å². The molecule has 0 fully saturated rings. The van der Waals surface area contributed by atoms with Crippen molar-refractivity contribution in [2.75, 3.05) is 0 Å². The second-order valence-electron chi connectivity index (χ2n) is 0.958. The third-order valence-corrected chi connectivity index (χ3v) is 0. The molecule has 0 spiro atoms. The Bertz CT molecular complexity index is 67.1. The second kappa shape index (κ2) is 1.56. The monoisotopic (exact) mass is 383 g/mol. The summed E-state index contributed by atoms with van der Waals surface area (Å²) in [4.78, 5) is 0. The van der Waals surface area contributed by atoms with Gasteiger partial charge in [-0.15, -0.1) is 0 Å². The fourth-order valence-corrected chi connectivity index (χ4v) is 0. The molecule has 0 aromatic heterocycles. The van der Waals surface area contributed by atoms with E-state index in [0.717, 1.165) is 0 Å². The molecule has 0 amide bonds. The van der Waals surface area contributed by atoms with Crippen LogP contribution in [-0.2, 0) is 0 Å². The molecule has 0 rings (SSSR count). The van der Waals surface area contributed by atoms with E-state index in [9.17, 15) is 25.2 Å². The van der Waals surface area contributed by atoms with Crippen LogP contribution in [0, 0.1) is 31.1 Å². The zero-order valence-corrected chi connectivity index (χ0v) is 8.27. The molecule has 0 saturated heterocycles. The molecule has 0 radical (unpaired) electrons. The van der Waals surface area contributed by atoms with Crippen LogP contribution >= 0.6 is 7.81 Å². The van der Waals surface area contributed by atoms with E-state index < -0.39 is 7.81 Å². The maximum atomic E-state index is 9.87. The molecule has 0 aromatic rings. The summed E-state index contributed by atoms with van der Waals surface area (Å²) in [6.45, 7) is 0. The number of hydrogen-bond acceptors (Lipinski definition) is 0. The van der Waals surface area contributed by atoms with Gasteiger partial charge < -0.3 is 0 Å². The van der Waals surface area contributed by atoms with Gasteiger partial charge in [-0.3, -0.25) is 0 Å². The third kappa shape index (κ3) is 230. The van der Waals surface area contributed by atoms with E-state index in [1.165, 1.54) is 0 Å². The van der Waals surface area contributed by atoms with Crippen molar-refractivity contribution in [1.29, 1.82) is 0 Å². The van der Waals surface area contributed by atoms with Gasteiger partial charge >= 0.3 is 33.0 Å². The molecule has 52 valence electrons. The summed E-state index contributed by atoms with van der Waals surface area (Å²) in [6, 6.07) is 0. The van der Waals surface area contributed by atoms with Crippen molar-refractivity contribution in [2.24, 2.45) is 0 Å².